The standard InChI is InChI=1S/C15H31N3O/c1-5-9-18-10-7-13(8-11-18)17(4)15(19)14(16)12(3)6-2/h12-14H,5-11,16H2,1-4H3/t12-,14-/m0/s1. The molecule has 1 aliphatic heterocycles. The molecular weight excluding hydrogens is 238 g/mol. The highest BCUT2D eigenvalue weighted by Crippen LogP contribution is 2.18. The van der Waals surface area contributed by atoms with Crippen LogP contribution in [0.4, 0.5) is 0 Å². The molecule has 112 valence electrons. The normalized spacial score (nSPS) is 21.1. The molecule has 0 radical (unpaired) electrons. The van der Waals surface area contributed by atoms with Gasteiger partial charge in [-0.2, -0.15) is 0 Å². The lowest BCUT2D eigenvalue weighted by molar-refractivity contribution is -0.135. The molecule has 0 unspecified atom stereocenters. The third kappa shape index (κ3) is 4.46. The quantitative estimate of drug-likeness (QED) is 0.798. The van der Waals surface area contributed by atoms with Crippen LogP contribution in [0.2, 0.25) is 0 Å². The molecular formula is C15H31N3O. The van der Waals surface area contributed by atoms with Gasteiger partial charge in [0, 0.05) is 26.2 Å². The zero-order valence-electron chi connectivity index (χ0n) is 13.1. The predicted molar refractivity (Wildman–Crippen MR) is 80.0 cm³/mol. The van der Waals surface area contributed by atoms with Gasteiger partial charge >= 0.3 is 0 Å². The highest BCUT2D eigenvalue weighted by molar-refractivity contribution is 5.82. The Labute approximate surface area is 118 Å². The number of nitrogens with zero attached hydrogens (tertiary/aromatic N) is 2. The lowest BCUT2D eigenvalue weighted by Crippen LogP contribution is -2.52. The van der Waals surface area contributed by atoms with Crippen LogP contribution >= 0.6 is 0 Å². The molecule has 1 fully saturated rings. The predicted octanol–water partition coefficient (Wildman–Crippen LogP) is 1.69. The Balaban J connectivity index is 2.46. The summed E-state index contributed by atoms with van der Waals surface area (Å²) in [7, 11) is 1.92. The van der Waals surface area contributed by atoms with E-state index in [1.807, 2.05) is 11.9 Å². The van der Waals surface area contributed by atoms with E-state index in [1.165, 1.54) is 13.0 Å². The molecule has 1 aliphatic rings. The first-order valence-electron chi connectivity index (χ1n) is 7.75. The average Bonchev–Trinajstić information content (AvgIpc) is 2.45. The number of piperidine rings is 1. The summed E-state index contributed by atoms with van der Waals surface area (Å²) < 4.78 is 0. The minimum Gasteiger partial charge on any atom is -0.341 e. The first kappa shape index (κ1) is 16.4. The van der Waals surface area contributed by atoms with Gasteiger partial charge in [0.25, 0.3) is 0 Å². The second-order valence-electron chi connectivity index (χ2n) is 5.93. The number of rotatable bonds is 6. The molecule has 0 aromatic rings. The zero-order chi connectivity index (χ0) is 14.4. The van der Waals surface area contributed by atoms with Gasteiger partial charge < -0.3 is 15.5 Å². The fraction of sp³-hybridized carbons (Fsp3) is 0.933. The van der Waals surface area contributed by atoms with Crippen LogP contribution < -0.4 is 5.73 Å². The second kappa shape index (κ2) is 7.85. The molecule has 4 nitrogen and oxygen atoms in total. The molecule has 0 bridgehead atoms. The van der Waals surface area contributed by atoms with Gasteiger partial charge in [-0.3, -0.25) is 4.79 Å². The van der Waals surface area contributed by atoms with Gasteiger partial charge in [0.15, 0.2) is 0 Å². The van der Waals surface area contributed by atoms with Crippen molar-refractivity contribution in [2.24, 2.45) is 11.7 Å². The molecule has 0 aliphatic carbocycles. The van der Waals surface area contributed by atoms with Crippen LogP contribution in [0.1, 0.15) is 46.5 Å². The molecule has 2 atom stereocenters. The number of carbonyl (C=O) groups is 1. The molecule has 1 heterocycles. The van der Waals surface area contributed by atoms with E-state index in [1.54, 1.807) is 0 Å². The van der Waals surface area contributed by atoms with Crippen LogP contribution in [0, 0.1) is 5.92 Å². The van der Waals surface area contributed by atoms with Gasteiger partial charge in [-0.25, -0.2) is 0 Å². The Morgan fingerprint density at radius 2 is 1.95 bits per heavy atom. The lowest BCUT2D eigenvalue weighted by atomic mass is 9.97. The summed E-state index contributed by atoms with van der Waals surface area (Å²) in [5, 5.41) is 0. The van der Waals surface area contributed by atoms with Crippen molar-refractivity contribution in [1.29, 1.82) is 0 Å². The van der Waals surface area contributed by atoms with Gasteiger partial charge in [-0.15, -0.1) is 0 Å². The topological polar surface area (TPSA) is 49.6 Å². The number of likely N-dealkylation sites (tertiary alicyclic amines) is 1. The number of likely N-dealkylation sites (N-methyl/N-ethyl adjacent to an activating group) is 1. The summed E-state index contributed by atoms with van der Waals surface area (Å²) in [4.78, 5) is 16.7. The van der Waals surface area contributed by atoms with Crippen LogP contribution in [0.3, 0.4) is 0 Å². The first-order chi connectivity index (χ1) is 9.01. The Kier molecular flexibility index (Phi) is 6.80. The summed E-state index contributed by atoms with van der Waals surface area (Å²) >= 11 is 0. The second-order valence-corrected chi connectivity index (χ2v) is 5.93. The highest BCUT2D eigenvalue weighted by atomic mass is 16.2. The van der Waals surface area contributed by atoms with E-state index in [4.69, 9.17) is 5.73 Å². The van der Waals surface area contributed by atoms with Gasteiger partial charge in [-0.1, -0.05) is 27.2 Å². The Morgan fingerprint density at radius 1 is 1.37 bits per heavy atom. The molecule has 0 aromatic carbocycles. The average molecular weight is 269 g/mol. The van der Waals surface area contributed by atoms with Crippen molar-refractivity contribution in [1.82, 2.24) is 9.80 Å². The summed E-state index contributed by atoms with van der Waals surface area (Å²) in [6.07, 6.45) is 4.32. The van der Waals surface area contributed by atoms with Crippen molar-refractivity contribution in [3.05, 3.63) is 0 Å². The molecule has 0 aromatic heterocycles. The van der Waals surface area contributed by atoms with Crippen molar-refractivity contribution < 1.29 is 4.79 Å². The Bertz CT molecular complexity index is 275. The molecule has 0 saturated carbocycles. The van der Waals surface area contributed by atoms with Crippen LogP contribution in [-0.4, -0.2) is 54.5 Å². The maximum Gasteiger partial charge on any atom is 0.239 e. The van der Waals surface area contributed by atoms with Crippen LogP contribution in [0.15, 0.2) is 0 Å². The summed E-state index contributed by atoms with van der Waals surface area (Å²) in [5.74, 6) is 0.374. The SMILES string of the molecule is CCCN1CCC(N(C)C(=O)[C@@H](N)[C@@H](C)CC)CC1. The number of carbonyl (C=O) groups excluding carboxylic acids is 1. The van der Waals surface area contributed by atoms with Crippen molar-refractivity contribution in [3.8, 4) is 0 Å². The largest absolute Gasteiger partial charge is 0.341 e. The molecule has 0 spiro atoms. The van der Waals surface area contributed by atoms with Gasteiger partial charge in [0.1, 0.15) is 0 Å². The molecule has 2 N–H and O–H groups in total. The minimum absolute atomic E-state index is 0.114. The lowest BCUT2D eigenvalue weighted by Gasteiger charge is -2.38. The molecule has 1 saturated heterocycles. The number of amides is 1. The summed E-state index contributed by atoms with van der Waals surface area (Å²) in [6, 6.07) is 0.0272. The Morgan fingerprint density at radius 3 is 2.42 bits per heavy atom. The summed E-state index contributed by atoms with van der Waals surface area (Å²) in [6.45, 7) is 9.74. The monoisotopic (exact) mass is 269 g/mol. The van der Waals surface area contributed by atoms with E-state index in [0.717, 1.165) is 32.4 Å². The maximum atomic E-state index is 12.3. The van der Waals surface area contributed by atoms with Crippen LogP contribution in [0.5, 0.6) is 0 Å². The van der Waals surface area contributed by atoms with Crippen LogP contribution in [0.25, 0.3) is 0 Å². The number of nitrogens with two attached hydrogens (primary N) is 1. The van der Waals surface area contributed by atoms with Crippen LogP contribution in [-0.2, 0) is 4.79 Å². The molecule has 1 amide bonds. The molecule has 19 heavy (non-hydrogen) atoms. The van der Waals surface area contributed by atoms with Crippen molar-refractivity contribution in [3.63, 3.8) is 0 Å². The van der Waals surface area contributed by atoms with Gasteiger partial charge in [0.2, 0.25) is 5.91 Å². The van der Waals surface area contributed by atoms with Crippen molar-refractivity contribution >= 4 is 5.91 Å². The smallest absolute Gasteiger partial charge is 0.239 e. The minimum atomic E-state index is -0.344. The van der Waals surface area contributed by atoms with Crippen molar-refractivity contribution in [2.75, 3.05) is 26.7 Å². The highest BCUT2D eigenvalue weighted by Gasteiger charge is 2.29. The fourth-order valence-electron chi connectivity index (χ4n) is 2.76. The summed E-state index contributed by atoms with van der Waals surface area (Å²) in [5.41, 5.74) is 6.05. The number of hydrogen-bond donors (Lipinski definition) is 1. The van der Waals surface area contributed by atoms with Crippen molar-refractivity contribution in [2.45, 2.75) is 58.5 Å². The fourth-order valence-corrected chi connectivity index (χ4v) is 2.76. The van der Waals surface area contributed by atoms with E-state index in [2.05, 4.69) is 25.7 Å². The zero-order valence-corrected chi connectivity index (χ0v) is 13.1. The number of hydrogen-bond acceptors (Lipinski definition) is 3. The van der Waals surface area contributed by atoms with Gasteiger partial charge in [0.05, 0.1) is 6.04 Å². The van der Waals surface area contributed by atoms with E-state index in [-0.39, 0.29) is 17.9 Å². The Hall–Kier alpha value is -0.610. The van der Waals surface area contributed by atoms with E-state index in [0.29, 0.717) is 6.04 Å². The van der Waals surface area contributed by atoms with E-state index >= 15 is 0 Å². The third-order valence-electron chi connectivity index (χ3n) is 4.53. The van der Waals surface area contributed by atoms with E-state index < -0.39 is 0 Å². The van der Waals surface area contributed by atoms with Gasteiger partial charge in [-0.05, 0) is 31.7 Å². The third-order valence-corrected chi connectivity index (χ3v) is 4.53. The molecule has 4 heteroatoms. The first-order valence-corrected chi connectivity index (χ1v) is 7.75. The van der Waals surface area contributed by atoms with E-state index in [9.17, 15) is 4.79 Å². The maximum absolute atomic E-state index is 12.3. The molecule has 1 rings (SSSR count).